The van der Waals surface area contributed by atoms with Gasteiger partial charge >= 0.3 is 0 Å². The number of hydrogen-bond acceptors (Lipinski definition) is 6. The van der Waals surface area contributed by atoms with Crippen molar-refractivity contribution in [2.24, 2.45) is 0 Å². The van der Waals surface area contributed by atoms with E-state index in [1.165, 1.54) is 0 Å². The van der Waals surface area contributed by atoms with Crippen LogP contribution in [0.3, 0.4) is 0 Å². The van der Waals surface area contributed by atoms with Crippen LogP contribution in [-0.4, -0.2) is 43.0 Å². The van der Waals surface area contributed by atoms with Gasteiger partial charge in [-0.05, 0) is 41.6 Å². The standard InChI is InChI=1S/C20H22N4O3S/c1-26-16-6-5-13(10-17(16)27-2)7-8-21-19-12-22-20(25)15-11-14(23-24(15)19)18-4-3-9-28-18/h3-6,9-11,19,21H,7-8,12H2,1-2H3,(H,22,25). The van der Waals surface area contributed by atoms with Crippen molar-refractivity contribution in [2.75, 3.05) is 27.3 Å². The van der Waals surface area contributed by atoms with Crippen molar-refractivity contribution in [3.8, 4) is 22.1 Å². The molecule has 0 aliphatic carbocycles. The number of hydrogen-bond donors (Lipinski definition) is 2. The highest BCUT2D eigenvalue weighted by molar-refractivity contribution is 7.13. The number of nitrogens with one attached hydrogen (secondary N) is 2. The highest BCUT2D eigenvalue weighted by Gasteiger charge is 2.27. The Morgan fingerprint density at radius 2 is 2.11 bits per heavy atom. The molecule has 3 heterocycles. The van der Waals surface area contributed by atoms with Crippen LogP contribution in [0.1, 0.15) is 22.2 Å². The van der Waals surface area contributed by atoms with Crippen LogP contribution in [0.2, 0.25) is 0 Å². The van der Waals surface area contributed by atoms with Gasteiger partial charge in [-0.3, -0.25) is 10.1 Å². The molecule has 0 radical (unpaired) electrons. The zero-order valence-electron chi connectivity index (χ0n) is 15.8. The third-order valence-electron chi connectivity index (χ3n) is 4.73. The number of ether oxygens (including phenoxy) is 2. The molecule has 3 aromatic rings. The van der Waals surface area contributed by atoms with Gasteiger partial charge < -0.3 is 14.8 Å². The maximum absolute atomic E-state index is 12.2. The summed E-state index contributed by atoms with van der Waals surface area (Å²) >= 11 is 1.61. The molecule has 2 N–H and O–H groups in total. The second-order valence-electron chi connectivity index (χ2n) is 6.46. The molecule has 146 valence electrons. The van der Waals surface area contributed by atoms with Gasteiger partial charge in [-0.25, -0.2) is 4.68 Å². The number of amides is 1. The minimum atomic E-state index is -0.0896. The summed E-state index contributed by atoms with van der Waals surface area (Å²) < 4.78 is 12.4. The Morgan fingerprint density at radius 1 is 1.25 bits per heavy atom. The first kappa shape index (κ1) is 18.5. The molecule has 1 amide bonds. The summed E-state index contributed by atoms with van der Waals surface area (Å²) in [5.74, 6) is 1.35. The molecule has 1 aliphatic heterocycles. The SMILES string of the molecule is COc1ccc(CCNC2CNC(=O)c3cc(-c4cccs4)nn32)cc1OC. The summed E-state index contributed by atoms with van der Waals surface area (Å²) in [6, 6.07) is 11.8. The quantitative estimate of drug-likeness (QED) is 0.640. The number of aromatic nitrogens is 2. The third-order valence-corrected chi connectivity index (χ3v) is 5.63. The second kappa shape index (κ2) is 8.04. The normalized spacial score (nSPS) is 15.8. The molecule has 0 fully saturated rings. The van der Waals surface area contributed by atoms with Gasteiger partial charge in [-0.1, -0.05) is 12.1 Å². The first-order chi connectivity index (χ1) is 13.7. The van der Waals surface area contributed by atoms with Gasteiger partial charge in [0.15, 0.2) is 11.5 Å². The number of carbonyl (C=O) groups excluding carboxylic acids is 1. The summed E-state index contributed by atoms with van der Waals surface area (Å²) in [6.07, 6.45) is 0.737. The molecule has 4 rings (SSSR count). The van der Waals surface area contributed by atoms with Crippen molar-refractivity contribution in [1.82, 2.24) is 20.4 Å². The van der Waals surface area contributed by atoms with E-state index in [0.717, 1.165) is 40.6 Å². The minimum absolute atomic E-state index is 0.0819. The first-order valence-electron chi connectivity index (χ1n) is 9.05. The summed E-state index contributed by atoms with van der Waals surface area (Å²) in [6.45, 7) is 1.24. The van der Waals surface area contributed by atoms with Crippen molar-refractivity contribution in [1.29, 1.82) is 0 Å². The van der Waals surface area contributed by atoms with Gasteiger partial charge in [-0.2, -0.15) is 5.10 Å². The molecule has 1 aromatic carbocycles. The molecule has 0 bridgehead atoms. The summed E-state index contributed by atoms with van der Waals surface area (Å²) in [5, 5.41) is 13.1. The molecular weight excluding hydrogens is 376 g/mol. The molecule has 1 atom stereocenters. The lowest BCUT2D eigenvalue weighted by molar-refractivity contribution is 0.0901. The smallest absolute Gasteiger partial charge is 0.269 e. The lowest BCUT2D eigenvalue weighted by atomic mass is 10.1. The van der Waals surface area contributed by atoms with E-state index < -0.39 is 0 Å². The van der Waals surface area contributed by atoms with Crippen LogP contribution in [0, 0.1) is 0 Å². The van der Waals surface area contributed by atoms with E-state index in [0.29, 0.717) is 12.2 Å². The van der Waals surface area contributed by atoms with Gasteiger partial charge in [0.1, 0.15) is 17.6 Å². The van der Waals surface area contributed by atoms with Crippen LogP contribution in [-0.2, 0) is 6.42 Å². The monoisotopic (exact) mass is 398 g/mol. The minimum Gasteiger partial charge on any atom is -0.493 e. The number of benzene rings is 1. The van der Waals surface area contributed by atoms with Crippen LogP contribution < -0.4 is 20.1 Å². The zero-order valence-corrected chi connectivity index (χ0v) is 16.6. The molecule has 2 aromatic heterocycles. The molecule has 8 heteroatoms. The average molecular weight is 398 g/mol. The number of fused-ring (bicyclic) bond motifs is 1. The van der Waals surface area contributed by atoms with Crippen LogP contribution in [0.5, 0.6) is 11.5 Å². The van der Waals surface area contributed by atoms with Gasteiger partial charge in [0.2, 0.25) is 0 Å². The fourth-order valence-corrected chi connectivity index (χ4v) is 3.97. The van der Waals surface area contributed by atoms with Crippen molar-refractivity contribution < 1.29 is 14.3 Å². The van der Waals surface area contributed by atoms with Crippen LogP contribution in [0.15, 0.2) is 41.8 Å². The molecule has 7 nitrogen and oxygen atoms in total. The van der Waals surface area contributed by atoms with E-state index in [-0.39, 0.29) is 12.1 Å². The molecule has 1 aliphatic rings. The predicted molar refractivity (Wildman–Crippen MR) is 108 cm³/mol. The Hall–Kier alpha value is -2.84. The molecule has 0 saturated heterocycles. The van der Waals surface area contributed by atoms with Crippen molar-refractivity contribution in [3.05, 3.63) is 53.0 Å². The highest BCUT2D eigenvalue weighted by Crippen LogP contribution is 2.28. The van der Waals surface area contributed by atoms with Crippen molar-refractivity contribution in [2.45, 2.75) is 12.6 Å². The van der Waals surface area contributed by atoms with E-state index >= 15 is 0 Å². The molecule has 1 unspecified atom stereocenters. The van der Waals surface area contributed by atoms with Crippen LogP contribution >= 0.6 is 11.3 Å². The number of thiophene rings is 1. The second-order valence-corrected chi connectivity index (χ2v) is 7.40. The van der Waals surface area contributed by atoms with Crippen molar-refractivity contribution >= 4 is 17.2 Å². The molecule has 0 spiro atoms. The first-order valence-corrected chi connectivity index (χ1v) is 9.93. The van der Waals surface area contributed by atoms with E-state index in [1.54, 1.807) is 30.2 Å². The van der Waals surface area contributed by atoms with Gasteiger partial charge in [0, 0.05) is 6.54 Å². The van der Waals surface area contributed by atoms with E-state index in [1.807, 2.05) is 41.8 Å². The Bertz CT molecular complexity index is 968. The number of nitrogens with zero attached hydrogens (tertiary/aromatic N) is 2. The maximum Gasteiger partial charge on any atom is 0.269 e. The zero-order chi connectivity index (χ0) is 19.5. The number of rotatable bonds is 7. The lowest BCUT2D eigenvalue weighted by Crippen LogP contribution is -2.45. The van der Waals surface area contributed by atoms with E-state index in [4.69, 9.17) is 9.47 Å². The summed E-state index contributed by atoms with van der Waals surface area (Å²) in [4.78, 5) is 13.3. The third kappa shape index (κ3) is 3.61. The fourth-order valence-electron chi connectivity index (χ4n) is 3.29. The van der Waals surface area contributed by atoms with Crippen LogP contribution in [0.25, 0.3) is 10.6 Å². The molecule has 0 saturated carbocycles. The highest BCUT2D eigenvalue weighted by atomic mass is 32.1. The Morgan fingerprint density at radius 3 is 2.86 bits per heavy atom. The summed E-state index contributed by atoms with van der Waals surface area (Å²) in [5.41, 5.74) is 2.55. The van der Waals surface area contributed by atoms with E-state index in [2.05, 4.69) is 15.7 Å². The fraction of sp³-hybridized carbons (Fsp3) is 0.300. The Kier molecular flexibility index (Phi) is 5.31. The molecule has 28 heavy (non-hydrogen) atoms. The lowest BCUT2D eigenvalue weighted by Gasteiger charge is -2.25. The van der Waals surface area contributed by atoms with Crippen molar-refractivity contribution in [3.63, 3.8) is 0 Å². The van der Waals surface area contributed by atoms with Crippen LogP contribution in [0.4, 0.5) is 0 Å². The van der Waals surface area contributed by atoms with Gasteiger partial charge in [-0.15, -0.1) is 11.3 Å². The van der Waals surface area contributed by atoms with E-state index in [9.17, 15) is 4.79 Å². The molecular formula is C20H22N4O3S. The number of carbonyl (C=O) groups is 1. The number of methoxy groups -OCH3 is 2. The predicted octanol–water partition coefficient (Wildman–Crippen LogP) is 2.70. The largest absolute Gasteiger partial charge is 0.493 e. The average Bonchev–Trinajstić information content (AvgIpc) is 3.39. The maximum atomic E-state index is 12.2. The van der Waals surface area contributed by atoms with Gasteiger partial charge in [0.05, 0.1) is 25.6 Å². The Balaban J connectivity index is 1.45. The van der Waals surface area contributed by atoms with Gasteiger partial charge in [0.25, 0.3) is 5.91 Å². The Labute approximate surface area is 167 Å². The topological polar surface area (TPSA) is 77.4 Å². The summed E-state index contributed by atoms with van der Waals surface area (Å²) in [7, 11) is 3.26.